The number of nitrogens with one attached hydrogen (secondary N) is 2. The zero-order valence-electron chi connectivity index (χ0n) is 25.7. The summed E-state index contributed by atoms with van der Waals surface area (Å²) in [6.45, 7) is 9.17. The summed E-state index contributed by atoms with van der Waals surface area (Å²) in [7, 11) is 0. The second-order valence-electron chi connectivity index (χ2n) is 11.6. The molecule has 2 aliphatic rings. The number of amides is 4. The number of hydrogen-bond acceptors (Lipinski definition) is 7. The Bertz CT molecular complexity index is 1540. The fourth-order valence-electron chi connectivity index (χ4n) is 5.80. The van der Waals surface area contributed by atoms with Crippen LogP contribution in [0, 0.1) is 6.92 Å². The molecular weight excluding hydrogens is 594 g/mol. The number of carboxylic acids is 1. The Morgan fingerprint density at radius 2 is 1.71 bits per heavy atom. The van der Waals surface area contributed by atoms with Crippen LogP contribution in [0.15, 0.2) is 60.0 Å². The number of anilines is 2. The Balaban J connectivity index is 1.42. The summed E-state index contributed by atoms with van der Waals surface area (Å²) in [6.07, 6.45) is -0.260. The average molecular weight is 634 g/mol. The lowest BCUT2D eigenvalue weighted by Gasteiger charge is -2.47. The first kappa shape index (κ1) is 32.0. The van der Waals surface area contributed by atoms with Gasteiger partial charge < -0.3 is 35.2 Å². The van der Waals surface area contributed by atoms with E-state index in [2.05, 4.69) is 15.5 Å². The van der Waals surface area contributed by atoms with Gasteiger partial charge in [-0.15, -0.1) is 11.3 Å². The summed E-state index contributed by atoms with van der Waals surface area (Å²) < 4.78 is 5.42. The third kappa shape index (κ3) is 7.63. The highest BCUT2D eigenvalue weighted by atomic mass is 32.1. The van der Waals surface area contributed by atoms with E-state index >= 15 is 0 Å². The monoisotopic (exact) mass is 633 g/mol. The van der Waals surface area contributed by atoms with Crippen LogP contribution in [0.3, 0.4) is 0 Å². The molecule has 3 heterocycles. The summed E-state index contributed by atoms with van der Waals surface area (Å²) in [5, 5.41) is 17.2. The van der Waals surface area contributed by atoms with Crippen molar-refractivity contribution in [3.8, 4) is 0 Å². The number of aliphatic carboxylic acids is 1. The molecule has 0 saturated carbocycles. The normalized spacial score (nSPS) is 19.1. The first-order chi connectivity index (χ1) is 21.6. The molecule has 12 heteroatoms. The van der Waals surface area contributed by atoms with Crippen molar-refractivity contribution >= 4 is 46.5 Å². The minimum absolute atomic E-state index is 0.000974. The van der Waals surface area contributed by atoms with E-state index in [0.29, 0.717) is 50.6 Å². The van der Waals surface area contributed by atoms with Gasteiger partial charge in [-0.2, -0.15) is 0 Å². The number of carboxylic acid groups (broad SMARTS) is 1. The molecule has 0 aliphatic carbocycles. The second-order valence-corrected chi connectivity index (χ2v) is 12.6. The van der Waals surface area contributed by atoms with Gasteiger partial charge in [-0.05, 0) is 62.5 Å². The Morgan fingerprint density at radius 3 is 2.40 bits per heavy atom. The molecule has 45 heavy (non-hydrogen) atoms. The van der Waals surface area contributed by atoms with Crippen LogP contribution in [-0.4, -0.2) is 90.2 Å². The van der Waals surface area contributed by atoms with E-state index in [-0.39, 0.29) is 36.0 Å². The number of nitrogens with zero attached hydrogens (tertiary/aromatic N) is 3. The van der Waals surface area contributed by atoms with Crippen molar-refractivity contribution in [1.82, 2.24) is 15.1 Å². The number of rotatable bonds is 8. The van der Waals surface area contributed by atoms with E-state index in [1.54, 1.807) is 36.4 Å². The number of urea groups is 1. The molecule has 0 radical (unpaired) electrons. The molecule has 2 fully saturated rings. The Kier molecular flexibility index (Phi) is 10.0. The maximum Gasteiger partial charge on any atom is 0.320 e. The Morgan fingerprint density at radius 1 is 0.956 bits per heavy atom. The highest BCUT2D eigenvalue weighted by molar-refractivity contribution is 7.10. The number of carbonyl (C=O) groups excluding carboxylic acids is 3. The first-order valence-electron chi connectivity index (χ1n) is 15.1. The topological polar surface area (TPSA) is 132 Å². The molecule has 3 N–H and O–H groups in total. The van der Waals surface area contributed by atoms with Crippen molar-refractivity contribution in [1.29, 1.82) is 0 Å². The molecule has 1 aromatic heterocycles. The molecule has 2 aromatic carbocycles. The predicted molar refractivity (Wildman–Crippen MR) is 173 cm³/mol. The maximum absolute atomic E-state index is 13.5. The first-order valence-corrected chi connectivity index (χ1v) is 16.0. The summed E-state index contributed by atoms with van der Waals surface area (Å²) in [4.78, 5) is 58.4. The van der Waals surface area contributed by atoms with E-state index in [4.69, 9.17) is 4.74 Å². The van der Waals surface area contributed by atoms with Gasteiger partial charge in [-0.25, -0.2) is 4.79 Å². The number of hydrogen-bond donors (Lipinski definition) is 3. The lowest BCUT2D eigenvalue weighted by molar-refractivity contribution is -0.137. The number of carbonyl (C=O) groups is 4. The summed E-state index contributed by atoms with van der Waals surface area (Å²) >= 11 is 1.37. The molecule has 238 valence electrons. The van der Waals surface area contributed by atoms with Crippen LogP contribution in [0.1, 0.15) is 57.5 Å². The third-order valence-corrected chi connectivity index (χ3v) is 9.17. The van der Waals surface area contributed by atoms with Gasteiger partial charge in [0, 0.05) is 54.3 Å². The number of benzene rings is 2. The number of aryl methyl sites for hydroxylation is 1. The van der Waals surface area contributed by atoms with Crippen LogP contribution in [0.5, 0.6) is 0 Å². The minimum Gasteiger partial charge on any atom is -0.481 e. The lowest BCUT2D eigenvalue weighted by atomic mass is 10.0. The minimum atomic E-state index is -1.02. The average Bonchev–Trinajstić information content (AvgIpc) is 3.57. The zero-order valence-corrected chi connectivity index (χ0v) is 26.5. The summed E-state index contributed by atoms with van der Waals surface area (Å²) in [6, 6.07) is 15.1. The molecule has 3 aromatic rings. The summed E-state index contributed by atoms with van der Waals surface area (Å²) in [5.74, 6) is -1.79. The number of ether oxygens (including phenoxy) is 1. The van der Waals surface area contributed by atoms with Crippen LogP contribution in [-0.2, 0) is 9.53 Å². The van der Waals surface area contributed by atoms with E-state index in [1.807, 2.05) is 54.2 Å². The Hall–Kier alpha value is -4.42. The third-order valence-electron chi connectivity index (χ3n) is 8.18. The van der Waals surface area contributed by atoms with E-state index in [9.17, 15) is 24.3 Å². The molecular formula is C33H39N5O6S. The quantitative estimate of drug-likeness (QED) is 0.330. The standard InChI is InChI=1S/C33H39N5O6S/c1-21-6-4-7-24(16-21)31(41)34-26-17-25(32(42)35-27(18-30(39)40)29-8-5-15-45-29)9-10-28(26)37-19-23(3)38(20-22(37)2)33(43)36-11-13-44-14-12-36/h4-10,15-17,22-23,27H,11-14,18-20H2,1-3H3,(H,34,41)(H,35,42)(H,39,40). The van der Waals surface area contributed by atoms with Gasteiger partial charge in [0.2, 0.25) is 0 Å². The molecule has 3 unspecified atom stereocenters. The molecule has 0 spiro atoms. The van der Waals surface area contributed by atoms with E-state index < -0.39 is 17.9 Å². The second kappa shape index (κ2) is 14.1. The van der Waals surface area contributed by atoms with E-state index in [1.165, 1.54) is 11.3 Å². The van der Waals surface area contributed by atoms with E-state index in [0.717, 1.165) is 16.1 Å². The van der Waals surface area contributed by atoms with Gasteiger partial charge in [0.15, 0.2) is 0 Å². The largest absolute Gasteiger partial charge is 0.481 e. The molecule has 5 rings (SSSR count). The van der Waals surface area contributed by atoms with Gasteiger partial charge in [0.25, 0.3) is 11.8 Å². The fourth-order valence-corrected chi connectivity index (χ4v) is 6.58. The Labute approximate surface area is 266 Å². The van der Waals surface area contributed by atoms with Crippen molar-refractivity contribution in [2.45, 2.75) is 45.3 Å². The smallest absolute Gasteiger partial charge is 0.320 e. The van der Waals surface area contributed by atoms with Crippen molar-refractivity contribution < 1.29 is 29.0 Å². The van der Waals surface area contributed by atoms with Gasteiger partial charge in [-0.3, -0.25) is 14.4 Å². The molecule has 4 amide bonds. The van der Waals surface area contributed by atoms with Crippen LogP contribution in [0.4, 0.5) is 16.2 Å². The van der Waals surface area contributed by atoms with Crippen molar-refractivity contribution in [2.24, 2.45) is 0 Å². The van der Waals surface area contributed by atoms with Crippen LogP contribution >= 0.6 is 11.3 Å². The highest BCUT2D eigenvalue weighted by Crippen LogP contribution is 2.33. The lowest BCUT2D eigenvalue weighted by Crippen LogP contribution is -2.61. The van der Waals surface area contributed by atoms with Gasteiger partial charge in [-0.1, -0.05) is 23.8 Å². The molecule has 0 bridgehead atoms. The molecule has 3 atom stereocenters. The van der Waals surface area contributed by atoms with Crippen LogP contribution in [0.25, 0.3) is 0 Å². The molecule has 11 nitrogen and oxygen atoms in total. The van der Waals surface area contributed by atoms with Gasteiger partial charge >= 0.3 is 12.0 Å². The fraction of sp³-hybridized carbons (Fsp3) is 0.394. The predicted octanol–water partition coefficient (Wildman–Crippen LogP) is 4.61. The van der Waals surface area contributed by atoms with Crippen LogP contribution in [0.2, 0.25) is 0 Å². The highest BCUT2D eigenvalue weighted by Gasteiger charge is 2.36. The van der Waals surface area contributed by atoms with Crippen molar-refractivity contribution in [3.63, 3.8) is 0 Å². The van der Waals surface area contributed by atoms with Crippen LogP contribution < -0.4 is 15.5 Å². The zero-order chi connectivity index (χ0) is 32.1. The molecule has 2 saturated heterocycles. The van der Waals surface area contributed by atoms with Gasteiger partial charge in [0.1, 0.15) is 0 Å². The van der Waals surface area contributed by atoms with Crippen molar-refractivity contribution in [2.75, 3.05) is 49.6 Å². The van der Waals surface area contributed by atoms with Gasteiger partial charge in [0.05, 0.1) is 37.1 Å². The maximum atomic E-state index is 13.5. The number of morpholine rings is 1. The van der Waals surface area contributed by atoms with Crippen molar-refractivity contribution in [3.05, 3.63) is 81.5 Å². The SMILES string of the molecule is Cc1cccc(C(=O)Nc2cc(C(=O)NC(CC(=O)O)c3cccs3)ccc2N2CC(C)N(C(=O)N3CCOCC3)CC2C)c1. The summed E-state index contributed by atoms with van der Waals surface area (Å²) in [5.41, 5.74) is 2.89. The number of thiophene rings is 1. The number of piperazine rings is 1. The molecule has 2 aliphatic heterocycles.